The van der Waals surface area contributed by atoms with Crippen LogP contribution in [0.15, 0.2) is 97.2 Å². The number of esters is 3. The highest BCUT2D eigenvalue weighted by Crippen LogP contribution is 2.12. The fourth-order valence-corrected chi connectivity index (χ4v) is 5.68. The van der Waals surface area contributed by atoms with Gasteiger partial charge in [0.05, 0.1) is 0 Å². The molecule has 0 spiro atoms. The maximum Gasteiger partial charge on any atom is 0.306 e. The van der Waals surface area contributed by atoms with Gasteiger partial charge in [-0.15, -0.1) is 0 Å². The molecule has 1 unspecified atom stereocenters. The summed E-state index contributed by atoms with van der Waals surface area (Å²) in [6.45, 7) is 6.26. The number of unbranched alkanes of at least 4 members (excludes halogenated alkanes) is 12. The first-order valence-corrected chi connectivity index (χ1v) is 22.7. The second-order valence-electron chi connectivity index (χ2n) is 14.5. The Bertz CT molecular complexity index is 1180. The summed E-state index contributed by atoms with van der Waals surface area (Å²) in [7, 11) is 0. The van der Waals surface area contributed by atoms with Crippen LogP contribution in [-0.4, -0.2) is 37.2 Å². The fourth-order valence-electron chi connectivity index (χ4n) is 5.68. The van der Waals surface area contributed by atoms with E-state index >= 15 is 0 Å². The number of ether oxygens (including phenoxy) is 3. The molecule has 0 amide bonds. The zero-order chi connectivity index (χ0) is 41.5. The number of carbonyl (C=O) groups is 3. The van der Waals surface area contributed by atoms with Crippen LogP contribution in [0.2, 0.25) is 0 Å². The zero-order valence-corrected chi connectivity index (χ0v) is 36.6. The Morgan fingerprint density at radius 2 is 0.719 bits per heavy atom. The Morgan fingerprint density at radius 1 is 0.368 bits per heavy atom. The standard InChI is InChI=1S/C51H82O6/c1-4-7-10-13-16-19-22-24-25-26-27-30-32-35-38-41-44-50(53)56-47-48(46-55-49(52)43-40-37-34-31-28-21-18-15-12-9-6-3)57-51(54)45-42-39-36-33-29-23-20-17-14-11-8-5-2/h7-8,10-11,15-20,24-25,27,30,35,38,48H,4-6,9,12-14,21-23,26,28-29,31-34,36-37,39-47H2,1-3H3/b10-7-,11-8-,18-15-,19-16-,20-17-,25-24-,30-27-,38-35-. The minimum absolute atomic E-state index is 0.112. The van der Waals surface area contributed by atoms with Crippen molar-refractivity contribution in [2.75, 3.05) is 13.2 Å². The van der Waals surface area contributed by atoms with Crippen LogP contribution in [0.5, 0.6) is 0 Å². The molecule has 0 aromatic rings. The summed E-state index contributed by atoms with van der Waals surface area (Å²) in [5.74, 6) is -1.03. The number of hydrogen-bond donors (Lipinski definition) is 0. The van der Waals surface area contributed by atoms with Crippen molar-refractivity contribution in [1.29, 1.82) is 0 Å². The van der Waals surface area contributed by atoms with E-state index in [2.05, 4.69) is 106 Å². The van der Waals surface area contributed by atoms with Gasteiger partial charge in [-0.1, -0.05) is 169 Å². The third-order valence-electron chi connectivity index (χ3n) is 9.07. The van der Waals surface area contributed by atoms with Gasteiger partial charge in [0.2, 0.25) is 0 Å². The molecule has 0 radical (unpaired) electrons. The minimum atomic E-state index is -0.816. The maximum atomic E-state index is 12.7. The van der Waals surface area contributed by atoms with E-state index in [0.29, 0.717) is 19.3 Å². The van der Waals surface area contributed by atoms with Gasteiger partial charge in [-0.2, -0.15) is 0 Å². The van der Waals surface area contributed by atoms with E-state index in [0.717, 1.165) is 116 Å². The van der Waals surface area contributed by atoms with Gasteiger partial charge in [-0.3, -0.25) is 14.4 Å². The van der Waals surface area contributed by atoms with Gasteiger partial charge < -0.3 is 14.2 Å². The third kappa shape index (κ3) is 43.3. The molecule has 0 rings (SSSR count). The molecule has 0 heterocycles. The zero-order valence-electron chi connectivity index (χ0n) is 36.6. The SMILES string of the molecule is CC/C=C\C/C=C\C/C=C\C/C=C\C/C=C\CCC(=O)OCC(COC(=O)CCCCCCC/C=C\CCCC)OC(=O)CCCCCCC/C=C\C/C=C\CC. The molecule has 0 saturated carbocycles. The molecule has 1 atom stereocenters. The Kier molecular flexibility index (Phi) is 42.1. The number of allylic oxidation sites excluding steroid dienone is 16. The highest BCUT2D eigenvalue weighted by molar-refractivity contribution is 5.71. The first kappa shape index (κ1) is 53.3. The molecule has 0 N–H and O–H groups in total. The van der Waals surface area contributed by atoms with Crippen molar-refractivity contribution in [1.82, 2.24) is 0 Å². The van der Waals surface area contributed by atoms with Crippen LogP contribution in [0, 0.1) is 0 Å². The molecule has 0 aromatic carbocycles. The molecule has 0 aliphatic heterocycles. The Hall–Kier alpha value is -3.67. The van der Waals surface area contributed by atoms with Crippen LogP contribution in [0.25, 0.3) is 0 Å². The lowest BCUT2D eigenvalue weighted by molar-refractivity contribution is -0.166. The largest absolute Gasteiger partial charge is 0.462 e. The van der Waals surface area contributed by atoms with Crippen LogP contribution in [-0.2, 0) is 28.6 Å². The van der Waals surface area contributed by atoms with Crippen molar-refractivity contribution in [2.45, 2.75) is 194 Å². The summed E-state index contributed by atoms with van der Waals surface area (Å²) >= 11 is 0. The minimum Gasteiger partial charge on any atom is -0.462 e. The van der Waals surface area contributed by atoms with Gasteiger partial charge >= 0.3 is 17.9 Å². The summed E-state index contributed by atoms with van der Waals surface area (Å²) < 4.78 is 16.6. The van der Waals surface area contributed by atoms with Crippen LogP contribution in [0.1, 0.15) is 188 Å². The van der Waals surface area contributed by atoms with Crippen molar-refractivity contribution in [3.05, 3.63) is 97.2 Å². The molecule has 0 fully saturated rings. The van der Waals surface area contributed by atoms with Gasteiger partial charge in [0, 0.05) is 19.3 Å². The van der Waals surface area contributed by atoms with Gasteiger partial charge in [0.1, 0.15) is 13.2 Å². The lowest BCUT2D eigenvalue weighted by Gasteiger charge is -2.18. The van der Waals surface area contributed by atoms with Crippen LogP contribution < -0.4 is 0 Å². The van der Waals surface area contributed by atoms with Crippen LogP contribution in [0.4, 0.5) is 0 Å². The molecule has 0 bridgehead atoms. The molecule has 0 aliphatic carbocycles. The molecule has 6 nitrogen and oxygen atoms in total. The Morgan fingerprint density at radius 3 is 1.19 bits per heavy atom. The van der Waals surface area contributed by atoms with Gasteiger partial charge in [-0.25, -0.2) is 0 Å². The molecular formula is C51H82O6. The van der Waals surface area contributed by atoms with Crippen molar-refractivity contribution >= 4 is 17.9 Å². The van der Waals surface area contributed by atoms with Crippen molar-refractivity contribution in [3.63, 3.8) is 0 Å². The Labute approximate surface area is 349 Å². The van der Waals surface area contributed by atoms with Gasteiger partial charge in [-0.05, 0) is 96.3 Å². The monoisotopic (exact) mass is 791 g/mol. The summed E-state index contributed by atoms with van der Waals surface area (Å²) in [6.07, 6.45) is 58.3. The molecule has 0 saturated heterocycles. The van der Waals surface area contributed by atoms with Crippen molar-refractivity contribution in [2.24, 2.45) is 0 Å². The van der Waals surface area contributed by atoms with E-state index in [1.807, 2.05) is 12.2 Å². The maximum absolute atomic E-state index is 12.7. The lowest BCUT2D eigenvalue weighted by Crippen LogP contribution is -2.30. The Balaban J connectivity index is 4.53. The molecular weight excluding hydrogens is 709 g/mol. The quantitative estimate of drug-likeness (QED) is 0.0267. The predicted molar refractivity (Wildman–Crippen MR) is 242 cm³/mol. The van der Waals surface area contributed by atoms with Gasteiger partial charge in [0.25, 0.3) is 0 Å². The first-order valence-electron chi connectivity index (χ1n) is 22.7. The van der Waals surface area contributed by atoms with E-state index in [1.54, 1.807) is 0 Å². The second-order valence-corrected chi connectivity index (χ2v) is 14.5. The topological polar surface area (TPSA) is 78.9 Å². The first-order chi connectivity index (χ1) is 28.0. The van der Waals surface area contributed by atoms with E-state index < -0.39 is 6.10 Å². The number of rotatable bonds is 39. The predicted octanol–water partition coefficient (Wildman–Crippen LogP) is 14.6. The van der Waals surface area contributed by atoms with E-state index in [-0.39, 0.29) is 37.5 Å². The highest BCUT2D eigenvalue weighted by Gasteiger charge is 2.19. The molecule has 0 aromatic heterocycles. The van der Waals surface area contributed by atoms with E-state index in [4.69, 9.17) is 14.2 Å². The summed E-state index contributed by atoms with van der Waals surface area (Å²) in [5.41, 5.74) is 0. The summed E-state index contributed by atoms with van der Waals surface area (Å²) in [5, 5.41) is 0. The van der Waals surface area contributed by atoms with E-state index in [1.165, 1.54) is 25.7 Å². The smallest absolute Gasteiger partial charge is 0.306 e. The van der Waals surface area contributed by atoms with Crippen LogP contribution >= 0.6 is 0 Å². The highest BCUT2D eigenvalue weighted by atomic mass is 16.6. The fraction of sp³-hybridized carbons (Fsp3) is 0.627. The average Bonchev–Trinajstić information content (AvgIpc) is 3.21. The number of carbonyl (C=O) groups excluding carboxylic acids is 3. The summed E-state index contributed by atoms with van der Waals surface area (Å²) in [6, 6.07) is 0. The summed E-state index contributed by atoms with van der Waals surface area (Å²) in [4.78, 5) is 37.7. The molecule has 0 aliphatic rings. The number of hydrogen-bond acceptors (Lipinski definition) is 6. The molecule has 57 heavy (non-hydrogen) atoms. The van der Waals surface area contributed by atoms with E-state index in [9.17, 15) is 14.4 Å². The average molecular weight is 791 g/mol. The molecule has 6 heteroatoms. The van der Waals surface area contributed by atoms with Crippen molar-refractivity contribution in [3.8, 4) is 0 Å². The van der Waals surface area contributed by atoms with Crippen molar-refractivity contribution < 1.29 is 28.6 Å². The third-order valence-corrected chi connectivity index (χ3v) is 9.07. The molecule has 322 valence electrons. The van der Waals surface area contributed by atoms with Gasteiger partial charge in [0.15, 0.2) is 6.10 Å². The lowest BCUT2D eigenvalue weighted by atomic mass is 10.1. The second kappa shape index (κ2) is 45.0. The van der Waals surface area contributed by atoms with Crippen LogP contribution in [0.3, 0.4) is 0 Å². The normalized spacial score (nSPS) is 13.0.